The van der Waals surface area contributed by atoms with Crippen molar-refractivity contribution in [3.63, 3.8) is 0 Å². The third-order valence-electron chi connectivity index (χ3n) is 4.84. The zero-order chi connectivity index (χ0) is 22.8. The van der Waals surface area contributed by atoms with Crippen LogP contribution in [0.25, 0.3) is 17.0 Å². The van der Waals surface area contributed by atoms with Crippen LogP contribution in [0.1, 0.15) is 16.1 Å². The number of carbonyl (C=O) groups is 1. The molecule has 0 fully saturated rings. The summed E-state index contributed by atoms with van der Waals surface area (Å²) in [5.41, 5.74) is 8.05. The van der Waals surface area contributed by atoms with Crippen LogP contribution in [-0.2, 0) is 6.54 Å². The number of hydrogen-bond donors (Lipinski definition) is 4. The molecular formula is C20H21BN8O3. The first-order valence-corrected chi connectivity index (χ1v) is 9.72. The summed E-state index contributed by atoms with van der Waals surface area (Å²) in [6.45, 7) is 0.370. The molecule has 0 aliphatic rings. The van der Waals surface area contributed by atoms with Gasteiger partial charge in [0, 0.05) is 20.6 Å². The molecular weight excluding hydrogens is 411 g/mol. The molecule has 0 atom stereocenters. The van der Waals surface area contributed by atoms with Gasteiger partial charge in [0.2, 0.25) is 5.82 Å². The zero-order valence-electron chi connectivity index (χ0n) is 17.5. The van der Waals surface area contributed by atoms with E-state index in [4.69, 9.17) is 5.73 Å². The Labute approximate surface area is 183 Å². The number of hydrogen-bond acceptors (Lipinski definition) is 9. The van der Waals surface area contributed by atoms with Crippen molar-refractivity contribution in [2.24, 2.45) is 5.73 Å². The molecule has 0 bridgehead atoms. The number of amides is 1. The van der Waals surface area contributed by atoms with Gasteiger partial charge in [-0.2, -0.15) is 0 Å². The molecule has 3 aromatic heterocycles. The van der Waals surface area contributed by atoms with Gasteiger partial charge in [0.15, 0.2) is 11.6 Å². The summed E-state index contributed by atoms with van der Waals surface area (Å²) in [6, 6.07) is 12.0. The monoisotopic (exact) mass is 432 g/mol. The molecule has 0 aliphatic carbocycles. The minimum absolute atomic E-state index is 0.279. The van der Waals surface area contributed by atoms with E-state index in [0.29, 0.717) is 40.5 Å². The maximum absolute atomic E-state index is 11.7. The van der Waals surface area contributed by atoms with E-state index in [9.17, 15) is 14.8 Å². The second kappa shape index (κ2) is 8.61. The van der Waals surface area contributed by atoms with E-state index in [1.165, 1.54) is 6.33 Å². The van der Waals surface area contributed by atoms with Crippen molar-refractivity contribution in [3.05, 3.63) is 60.0 Å². The van der Waals surface area contributed by atoms with Gasteiger partial charge < -0.3 is 26.0 Å². The van der Waals surface area contributed by atoms with Gasteiger partial charge in [0.1, 0.15) is 17.7 Å². The highest BCUT2D eigenvalue weighted by atomic mass is 16.4. The molecule has 12 heteroatoms. The van der Waals surface area contributed by atoms with Crippen molar-refractivity contribution in [1.29, 1.82) is 0 Å². The maximum Gasteiger partial charge on any atom is 0.488 e. The van der Waals surface area contributed by atoms with Gasteiger partial charge in [0.05, 0.1) is 5.52 Å². The Morgan fingerprint density at radius 2 is 1.97 bits per heavy atom. The number of imidazole rings is 1. The van der Waals surface area contributed by atoms with E-state index in [2.05, 4.69) is 25.5 Å². The van der Waals surface area contributed by atoms with Gasteiger partial charge in [-0.15, -0.1) is 10.2 Å². The standard InChI is InChI=1S/C20H21BN8O3/c1-28(2)20-19(23-10-12-5-3-6-13(9-12)21(31)32)25-18(26-27-20)16-14-7-4-8-15(17(22)30)29(14)11-24-16/h3-9,11,31-32H,10H2,1-2H3,(H2,22,30)(H,23,25,26). The molecule has 1 aromatic carbocycles. The summed E-state index contributed by atoms with van der Waals surface area (Å²) in [4.78, 5) is 22.5. The van der Waals surface area contributed by atoms with Crippen LogP contribution in [0.3, 0.4) is 0 Å². The molecule has 0 saturated heterocycles. The van der Waals surface area contributed by atoms with Gasteiger partial charge in [-0.1, -0.05) is 30.3 Å². The largest absolute Gasteiger partial charge is 0.488 e. The number of benzene rings is 1. The van der Waals surface area contributed by atoms with E-state index in [1.54, 1.807) is 45.7 Å². The van der Waals surface area contributed by atoms with Gasteiger partial charge in [-0.05, 0) is 23.2 Å². The molecule has 32 heavy (non-hydrogen) atoms. The number of pyridine rings is 1. The summed E-state index contributed by atoms with van der Waals surface area (Å²) < 4.78 is 1.58. The number of anilines is 2. The first-order valence-electron chi connectivity index (χ1n) is 9.72. The van der Waals surface area contributed by atoms with Crippen LogP contribution in [0.15, 0.2) is 48.8 Å². The van der Waals surface area contributed by atoms with Crippen molar-refractivity contribution in [2.45, 2.75) is 6.54 Å². The van der Waals surface area contributed by atoms with E-state index < -0.39 is 13.0 Å². The Bertz CT molecular complexity index is 1290. The number of nitrogens with two attached hydrogens (primary N) is 1. The quantitative estimate of drug-likeness (QED) is 0.287. The smallest absolute Gasteiger partial charge is 0.423 e. The van der Waals surface area contributed by atoms with E-state index in [0.717, 1.165) is 5.56 Å². The minimum Gasteiger partial charge on any atom is -0.423 e. The Kier molecular flexibility index (Phi) is 5.71. The summed E-state index contributed by atoms with van der Waals surface area (Å²) in [5.74, 6) is 0.705. The second-order valence-corrected chi connectivity index (χ2v) is 7.30. The van der Waals surface area contributed by atoms with Crippen LogP contribution < -0.4 is 21.4 Å². The lowest BCUT2D eigenvalue weighted by molar-refractivity contribution is 0.0994. The summed E-state index contributed by atoms with van der Waals surface area (Å²) >= 11 is 0. The van der Waals surface area contributed by atoms with Crippen LogP contribution in [0.2, 0.25) is 0 Å². The third kappa shape index (κ3) is 4.09. The lowest BCUT2D eigenvalue weighted by Crippen LogP contribution is -2.30. The molecule has 0 unspecified atom stereocenters. The number of nitrogens with one attached hydrogen (secondary N) is 1. The van der Waals surface area contributed by atoms with E-state index in [1.807, 2.05) is 20.2 Å². The minimum atomic E-state index is -1.54. The van der Waals surface area contributed by atoms with E-state index >= 15 is 0 Å². The average Bonchev–Trinajstić information content (AvgIpc) is 3.21. The van der Waals surface area contributed by atoms with Gasteiger partial charge in [0.25, 0.3) is 5.91 Å². The van der Waals surface area contributed by atoms with E-state index in [-0.39, 0.29) is 5.82 Å². The van der Waals surface area contributed by atoms with Crippen molar-refractivity contribution in [3.8, 4) is 11.5 Å². The van der Waals surface area contributed by atoms with Gasteiger partial charge in [-0.3, -0.25) is 9.20 Å². The Morgan fingerprint density at radius 1 is 1.19 bits per heavy atom. The summed E-state index contributed by atoms with van der Waals surface area (Å²) in [7, 11) is 2.11. The van der Waals surface area contributed by atoms with Crippen LogP contribution in [0.4, 0.5) is 11.6 Å². The van der Waals surface area contributed by atoms with Crippen LogP contribution in [0, 0.1) is 0 Å². The highest BCUT2D eigenvalue weighted by Crippen LogP contribution is 2.25. The van der Waals surface area contributed by atoms with Crippen LogP contribution >= 0.6 is 0 Å². The SMILES string of the molecule is CN(C)c1nnc(-c2ncn3c(C(N)=O)cccc23)nc1NCc1cccc(B(O)O)c1. The fourth-order valence-corrected chi connectivity index (χ4v) is 3.28. The third-order valence-corrected chi connectivity index (χ3v) is 4.84. The Hall–Kier alpha value is -4.03. The van der Waals surface area contributed by atoms with Crippen molar-refractivity contribution in [1.82, 2.24) is 24.6 Å². The summed E-state index contributed by atoms with van der Waals surface area (Å²) in [5, 5.41) is 30.5. The molecule has 0 aliphatic heterocycles. The van der Waals surface area contributed by atoms with Gasteiger partial charge >= 0.3 is 7.12 Å². The number of fused-ring (bicyclic) bond motifs is 1. The molecule has 0 saturated carbocycles. The predicted molar refractivity (Wildman–Crippen MR) is 120 cm³/mol. The normalized spacial score (nSPS) is 10.9. The van der Waals surface area contributed by atoms with Crippen LogP contribution in [-0.4, -0.2) is 61.7 Å². The second-order valence-electron chi connectivity index (χ2n) is 7.30. The van der Waals surface area contributed by atoms with Crippen molar-refractivity contribution < 1.29 is 14.8 Å². The predicted octanol–water partition coefficient (Wildman–Crippen LogP) is -0.357. The van der Waals surface area contributed by atoms with Crippen molar-refractivity contribution in [2.75, 3.05) is 24.3 Å². The number of rotatable bonds is 7. The number of aromatic nitrogens is 5. The summed E-state index contributed by atoms with van der Waals surface area (Å²) in [6.07, 6.45) is 1.49. The Balaban J connectivity index is 1.70. The molecule has 0 radical (unpaired) electrons. The molecule has 4 aromatic rings. The number of primary amides is 1. The molecule has 1 amide bonds. The van der Waals surface area contributed by atoms with Gasteiger partial charge in [-0.25, -0.2) is 9.97 Å². The zero-order valence-corrected chi connectivity index (χ0v) is 17.5. The fourth-order valence-electron chi connectivity index (χ4n) is 3.28. The lowest BCUT2D eigenvalue weighted by atomic mass is 9.80. The molecule has 4 rings (SSSR count). The molecule has 162 valence electrons. The van der Waals surface area contributed by atoms with Crippen molar-refractivity contribution >= 4 is 35.6 Å². The average molecular weight is 432 g/mol. The molecule has 3 heterocycles. The molecule has 0 spiro atoms. The van der Waals surface area contributed by atoms with Crippen LogP contribution in [0.5, 0.6) is 0 Å². The lowest BCUT2D eigenvalue weighted by Gasteiger charge is -2.16. The first kappa shape index (κ1) is 21.2. The highest BCUT2D eigenvalue weighted by Gasteiger charge is 2.18. The number of carbonyl (C=O) groups excluding carboxylic acids is 1. The first-order chi connectivity index (χ1) is 15.3. The topological polar surface area (TPSA) is 155 Å². The fraction of sp³-hybridized carbons (Fsp3) is 0.150. The number of nitrogens with zero attached hydrogens (tertiary/aromatic N) is 6. The Morgan fingerprint density at radius 3 is 2.69 bits per heavy atom. The highest BCUT2D eigenvalue weighted by molar-refractivity contribution is 6.58. The molecule has 11 nitrogen and oxygen atoms in total. The maximum atomic E-state index is 11.7. The molecule has 5 N–H and O–H groups in total.